The molecule has 2 aromatic carbocycles. The highest BCUT2D eigenvalue weighted by molar-refractivity contribution is 6.42. The molecule has 0 spiro atoms. The van der Waals surface area contributed by atoms with E-state index in [0.717, 1.165) is 22.2 Å². The van der Waals surface area contributed by atoms with Crippen LogP contribution in [0.15, 0.2) is 42.5 Å². The lowest BCUT2D eigenvalue weighted by molar-refractivity contribution is 0.0697. The standard InChI is InChI=1S/C16H11Cl2NO2.H3NO/c17-13-4-1-9(6-14(13)18)5-12-7-10-2-3-11(16(20)21)8-15(10)19-12;1-2/h1-4,6-8,19H,5H2,(H,20,21);2H,1H2. The molecule has 0 atom stereocenters. The average molecular weight is 353 g/mol. The number of carboxylic acids is 1. The Bertz CT molecular complexity index is 846. The molecule has 5 N–H and O–H groups in total. The van der Waals surface area contributed by atoms with Crippen LogP contribution in [0, 0.1) is 0 Å². The quantitative estimate of drug-likeness (QED) is 0.533. The summed E-state index contributed by atoms with van der Waals surface area (Å²) in [4.78, 5) is 14.2. The summed E-state index contributed by atoms with van der Waals surface area (Å²) in [6.07, 6.45) is 0.675. The van der Waals surface area contributed by atoms with Crippen molar-refractivity contribution in [1.82, 2.24) is 4.98 Å². The first kappa shape index (κ1) is 17.3. The molecule has 0 aliphatic rings. The van der Waals surface area contributed by atoms with E-state index in [4.69, 9.17) is 33.5 Å². The van der Waals surface area contributed by atoms with Crippen molar-refractivity contribution in [3.05, 3.63) is 69.3 Å². The third kappa shape index (κ3) is 4.03. The number of benzene rings is 2. The van der Waals surface area contributed by atoms with Gasteiger partial charge in [0, 0.05) is 17.6 Å². The van der Waals surface area contributed by atoms with Crippen molar-refractivity contribution >= 4 is 40.1 Å². The first-order valence-corrected chi connectivity index (χ1v) is 7.33. The summed E-state index contributed by atoms with van der Waals surface area (Å²) in [5.41, 5.74) is 3.11. The molecule has 3 aromatic rings. The molecule has 0 amide bonds. The molecule has 0 radical (unpaired) electrons. The summed E-state index contributed by atoms with van der Waals surface area (Å²) in [6.45, 7) is 0. The first-order valence-electron chi connectivity index (χ1n) is 6.57. The van der Waals surface area contributed by atoms with Crippen LogP contribution in [0.25, 0.3) is 10.9 Å². The molecule has 1 heterocycles. The predicted octanol–water partition coefficient (Wildman–Crippen LogP) is 4.10. The van der Waals surface area contributed by atoms with E-state index in [1.807, 2.05) is 18.2 Å². The van der Waals surface area contributed by atoms with Gasteiger partial charge in [-0.25, -0.2) is 10.7 Å². The van der Waals surface area contributed by atoms with Crippen LogP contribution in [0.3, 0.4) is 0 Å². The number of H-pyrrole nitrogens is 1. The molecule has 5 nitrogen and oxygen atoms in total. The molecular weight excluding hydrogens is 339 g/mol. The second kappa shape index (κ2) is 7.48. The summed E-state index contributed by atoms with van der Waals surface area (Å²) in [5, 5.41) is 17.5. The van der Waals surface area contributed by atoms with Gasteiger partial charge in [-0.3, -0.25) is 0 Å². The summed E-state index contributed by atoms with van der Waals surface area (Å²) in [6, 6.07) is 12.6. The monoisotopic (exact) mass is 352 g/mol. The third-order valence-electron chi connectivity index (χ3n) is 3.30. The normalized spacial score (nSPS) is 10.3. The summed E-state index contributed by atoms with van der Waals surface area (Å²) >= 11 is 11.9. The maximum absolute atomic E-state index is 11.0. The Morgan fingerprint density at radius 2 is 1.78 bits per heavy atom. The number of fused-ring (bicyclic) bond motifs is 1. The molecule has 3 rings (SSSR count). The number of carbonyl (C=O) groups is 1. The van der Waals surface area contributed by atoms with Gasteiger partial charge in [-0.1, -0.05) is 35.3 Å². The van der Waals surface area contributed by atoms with Gasteiger partial charge in [0.2, 0.25) is 0 Å². The number of rotatable bonds is 3. The van der Waals surface area contributed by atoms with Gasteiger partial charge >= 0.3 is 5.97 Å². The van der Waals surface area contributed by atoms with Gasteiger partial charge < -0.3 is 15.3 Å². The van der Waals surface area contributed by atoms with E-state index in [-0.39, 0.29) is 5.56 Å². The van der Waals surface area contributed by atoms with Crippen LogP contribution < -0.4 is 5.90 Å². The molecule has 0 unspecified atom stereocenters. The lowest BCUT2D eigenvalue weighted by Gasteiger charge is -2.01. The molecule has 120 valence electrons. The van der Waals surface area contributed by atoms with Crippen molar-refractivity contribution in [3.63, 3.8) is 0 Å². The Labute approximate surface area is 142 Å². The summed E-state index contributed by atoms with van der Waals surface area (Å²) in [5.74, 6) is 2.57. The van der Waals surface area contributed by atoms with E-state index in [2.05, 4.69) is 10.9 Å². The lowest BCUT2D eigenvalue weighted by Crippen LogP contribution is -1.94. The van der Waals surface area contributed by atoms with Crippen LogP contribution in [-0.4, -0.2) is 21.3 Å². The molecule has 0 aliphatic carbocycles. The lowest BCUT2D eigenvalue weighted by atomic mass is 10.1. The highest BCUT2D eigenvalue weighted by Gasteiger charge is 2.07. The SMILES string of the molecule is NO.O=C(O)c1ccc2cc(Cc3ccc(Cl)c(Cl)c3)[nH]c2c1. The van der Waals surface area contributed by atoms with Gasteiger partial charge in [-0.05, 0) is 41.3 Å². The van der Waals surface area contributed by atoms with Gasteiger partial charge in [0.05, 0.1) is 15.6 Å². The second-order valence-electron chi connectivity index (χ2n) is 4.83. The smallest absolute Gasteiger partial charge is 0.335 e. The third-order valence-corrected chi connectivity index (χ3v) is 4.04. The zero-order valence-corrected chi connectivity index (χ0v) is 13.4. The minimum absolute atomic E-state index is 0.269. The largest absolute Gasteiger partial charge is 0.478 e. The van der Waals surface area contributed by atoms with Gasteiger partial charge in [0.25, 0.3) is 0 Å². The fourth-order valence-corrected chi connectivity index (χ4v) is 2.61. The molecule has 1 aromatic heterocycles. The molecule has 0 saturated heterocycles. The van der Waals surface area contributed by atoms with Crippen molar-refractivity contribution in [3.8, 4) is 0 Å². The van der Waals surface area contributed by atoms with Crippen molar-refractivity contribution < 1.29 is 15.1 Å². The van der Waals surface area contributed by atoms with Gasteiger partial charge in [-0.15, -0.1) is 0 Å². The van der Waals surface area contributed by atoms with Crippen LogP contribution >= 0.6 is 23.2 Å². The van der Waals surface area contributed by atoms with Crippen LogP contribution in [0.2, 0.25) is 10.0 Å². The van der Waals surface area contributed by atoms with Crippen LogP contribution in [0.4, 0.5) is 0 Å². The van der Waals surface area contributed by atoms with Gasteiger partial charge in [-0.2, -0.15) is 0 Å². The second-order valence-corrected chi connectivity index (χ2v) is 5.64. The van der Waals surface area contributed by atoms with Crippen molar-refractivity contribution in [2.45, 2.75) is 6.42 Å². The molecular formula is C16H14Cl2N2O3. The Morgan fingerprint density at radius 3 is 2.43 bits per heavy atom. The van der Waals surface area contributed by atoms with Gasteiger partial charge in [0.15, 0.2) is 0 Å². The maximum Gasteiger partial charge on any atom is 0.335 e. The Hall–Kier alpha value is -2.05. The summed E-state index contributed by atoms with van der Waals surface area (Å²) in [7, 11) is 0. The van der Waals surface area contributed by atoms with E-state index >= 15 is 0 Å². The number of carboxylic acid groups (broad SMARTS) is 1. The minimum atomic E-state index is -0.933. The first-order chi connectivity index (χ1) is 11.0. The fraction of sp³-hybridized carbons (Fsp3) is 0.0625. The number of nitrogens with two attached hydrogens (primary N) is 1. The Morgan fingerprint density at radius 1 is 1.04 bits per heavy atom. The molecule has 0 aliphatic heterocycles. The van der Waals surface area contributed by atoms with Crippen molar-refractivity contribution in [2.24, 2.45) is 5.90 Å². The predicted molar refractivity (Wildman–Crippen MR) is 90.5 cm³/mol. The van der Waals surface area contributed by atoms with E-state index in [9.17, 15) is 4.79 Å². The maximum atomic E-state index is 11.0. The fourth-order valence-electron chi connectivity index (χ4n) is 2.28. The highest BCUT2D eigenvalue weighted by atomic mass is 35.5. The number of aromatic nitrogens is 1. The molecule has 0 fully saturated rings. The van der Waals surface area contributed by atoms with Crippen molar-refractivity contribution in [1.29, 1.82) is 0 Å². The average Bonchev–Trinajstić information content (AvgIpc) is 2.94. The summed E-state index contributed by atoms with van der Waals surface area (Å²) < 4.78 is 0. The molecule has 0 saturated carbocycles. The topological polar surface area (TPSA) is 99.3 Å². The number of aromatic amines is 1. The van der Waals surface area contributed by atoms with E-state index in [1.165, 1.54) is 0 Å². The molecule has 7 heteroatoms. The number of halogens is 2. The van der Waals surface area contributed by atoms with E-state index in [1.54, 1.807) is 24.3 Å². The number of nitrogens with one attached hydrogen (secondary N) is 1. The Kier molecular flexibility index (Phi) is 5.63. The van der Waals surface area contributed by atoms with Crippen LogP contribution in [0.1, 0.15) is 21.6 Å². The molecule has 0 bridgehead atoms. The number of hydrogen-bond acceptors (Lipinski definition) is 3. The minimum Gasteiger partial charge on any atom is -0.478 e. The molecule has 23 heavy (non-hydrogen) atoms. The highest BCUT2D eigenvalue weighted by Crippen LogP contribution is 2.25. The van der Waals surface area contributed by atoms with E-state index in [0.29, 0.717) is 16.5 Å². The number of aromatic carboxylic acids is 1. The Balaban J connectivity index is 0.000000924. The number of hydrogen-bond donors (Lipinski definition) is 4. The van der Waals surface area contributed by atoms with Crippen molar-refractivity contribution in [2.75, 3.05) is 0 Å². The van der Waals surface area contributed by atoms with Crippen LogP contribution in [0.5, 0.6) is 0 Å². The van der Waals surface area contributed by atoms with Crippen LogP contribution in [-0.2, 0) is 6.42 Å². The zero-order chi connectivity index (χ0) is 17.0. The van der Waals surface area contributed by atoms with Gasteiger partial charge in [0.1, 0.15) is 0 Å². The zero-order valence-electron chi connectivity index (χ0n) is 11.9. The van der Waals surface area contributed by atoms with E-state index < -0.39 is 5.97 Å².